The lowest BCUT2D eigenvalue weighted by atomic mass is 10.0. The third-order valence-corrected chi connectivity index (χ3v) is 5.76. The molecular weight excluding hydrogens is 416 g/mol. The van der Waals surface area contributed by atoms with E-state index in [1.54, 1.807) is 25.1 Å². The molecule has 0 saturated heterocycles. The van der Waals surface area contributed by atoms with Crippen LogP contribution in [0.15, 0.2) is 85.2 Å². The van der Waals surface area contributed by atoms with Crippen LogP contribution in [0.25, 0.3) is 33.1 Å². The van der Waals surface area contributed by atoms with Gasteiger partial charge in [-0.1, -0.05) is 36.4 Å². The number of rotatable bonds is 4. The van der Waals surface area contributed by atoms with E-state index >= 15 is 0 Å². The minimum absolute atomic E-state index is 0.0795. The van der Waals surface area contributed by atoms with E-state index in [9.17, 15) is 9.59 Å². The molecule has 0 N–H and O–H groups in total. The SMILES string of the molecule is Cc1cc(C)c2c(COc3ccc4c(=O)c(-c5ccccc5)c(C)oc4c3)cc(=O)oc2c1. The molecule has 0 atom stereocenters. The van der Waals surface area contributed by atoms with Crippen molar-refractivity contribution in [3.05, 3.63) is 110 Å². The summed E-state index contributed by atoms with van der Waals surface area (Å²) in [5, 5.41) is 1.36. The van der Waals surface area contributed by atoms with Gasteiger partial charge in [-0.05, 0) is 55.7 Å². The van der Waals surface area contributed by atoms with Crippen LogP contribution in [-0.2, 0) is 6.61 Å². The molecule has 5 rings (SSSR count). The molecule has 164 valence electrons. The molecule has 0 spiro atoms. The summed E-state index contributed by atoms with van der Waals surface area (Å²) in [6.45, 7) is 5.92. The molecule has 5 nitrogen and oxygen atoms in total. The second-order valence-corrected chi connectivity index (χ2v) is 8.22. The molecule has 3 aromatic carbocycles. The molecule has 2 aromatic heterocycles. The van der Waals surface area contributed by atoms with Crippen LogP contribution in [0.4, 0.5) is 0 Å². The zero-order valence-electron chi connectivity index (χ0n) is 18.6. The Bertz CT molecular complexity index is 1620. The molecule has 33 heavy (non-hydrogen) atoms. The first-order chi connectivity index (χ1) is 15.9. The van der Waals surface area contributed by atoms with E-state index in [2.05, 4.69) is 0 Å². The van der Waals surface area contributed by atoms with Crippen LogP contribution in [0, 0.1) is 20.8 Å². The average Bonchev–Trinajstić information content (AvgIpc) is 2.77. The normalized spacial score (nSPS) is 11.2. The Kier molecular flexibility index (Phi) is 5.09. The van der Waals surface area contributed by atoms with Gasteiger partial charge in [-0.2, -0.15) is 0 Å². The maximum atomic E-state index is 13.1. The molecule has 0 fully saturated rings. The first-order valence-corrected chi connectivity index (χ1v) is 10.7. The van der Waals surface area contributed by atoms with Gasteiger partial charge in [-0.3, -0.25) is 4.79 Å². The van der Waals surface area contributed by atoms with Crippen molar-refractivity contribution >= 4 is 21.9 Å². The minimum atomic E-state index is -0.417. The molecule has 5 aromatic rings. The van der Waals surface area contributed by atoms with E-state index in [0.29, 0.717) is 33.6 Å². The fourth-order valence-electron chi connectivity index (χ4n) is 4.36. The number of benzene rings is 3. The zero-order chi connectivity index (χ0) is 23.1. The van der Waals surface area contributed by atoms with Gasteiger partial charge in [0.1, 0.15) is 29.3 Å². The lowest BCUT2D eigenvalue weighted by Crippen LogP contribution is -2.08. The Labute approximate surface area is 189 Å². The van der Waals surface area contributed by atoms with Crippen LogP contribution in [0.3, 0.4) is 0 Å². The van der Waals surface area contributed by atoms with E-state index in [1.807, 2.05) is 56.3 Å². The number of aryl methyl sites for hydroxylation is 3. The first-order valence-electron chi connectivity index (χ1n) is 10.7. The molecule has 0 amide bonds. The van der Waals surface area contributed by atoms with E-state index in [4.69, 9.17) is 13.6 Å². The lowest BCUT2D eigenvalue weighted by Gasteiger charge is -2.12. The third kappa shape index (κ3) is 3.82. The number of hydrogen-bond acceptors (Lipinski definition) is 5. The Hall–Kier alpha value is -4.12. The monoisotopic (exact) mass is 438 g/mol. The fraction of sp³-hybridized carbons (Fsp3) is 0.143. The van der Waals surface area contributed by atoms with Crippen molar-refractivity contribution in [2.24, 2.45) is 0 Å². The van der Waals surface area contributed by atoms with Gasteiger partial charge in [0.2, 0.25) is 5.43 Å². The molecule has 0 unspecified atom stereocenters. The summed E-state index contributed by atoms with van der Waals surface area (Å²) in [5.74, 6) is 1.09. The average molecular weight is 438 g/mol. The number of ether oxygens (including phenoxy) is 1. The second-order valence-electron chi connectivity index (χ2n) is 8.22. The maximum absolute atomic E-state index is 13.1. The molecule has 2 heterocycles. The van der Waals surface area contributed by atoms with Gasteiger partial charge < -0.3 is 13.6 Å². The summed E-state index contributed by atoms with van der Waals surface area (Å²) in [6.07, 6.45) is 0. The minimum Gasteiger partial charge on any atom is -0.489 e. The van der Waals surface area contributed by atoms with E-state index in [0.717, 1.165) is 27.6 Å². The van der Waals surface area contributed by atoms with Crippen LogP contribution in [0.2, 0.25) is 0 Å². The first kappa shape index (κ1) is 20.8. The molecule has 0 aliphatic carbocycles. The van der Waals surface area contributed by atoms with E-state index in [-0.39, 0.29) is 12.0 Å². The largest absolute Gasteiger partial charge is 0.489 e. The van der Waals surface area contributed by atoms with Gasteiger partial charge in [0.25, 0.3) is 0 Å². The van der Waals surface area contributed by atoms with Gasteiger partial charge in [-0.15, -0.1) is 0 Å². The van der Waals surface area contributed by atoms with Crippen molar-refractivity contribution in [1.82, 2.24) is 0 Å². The predicted molar refractivity (Wildman–Crippen MR) is 129 cm³/mol. The van der Waals surface area contributed by atoms with Crippen LogP contribution in [0.5, 0.6) is 5.75 Å². The summed E-state index contributed by atoms with van der Waals surface area (Å²) in [5.41, 5.74) is 4.68. The summed E-state index contributed by atoms with van der Waals surface area (Å²) in [6, 6.07) is 20.0. The van der Waals surface area contributed by atoms with Gasteiger partial charge in [0, 0.05) is 23.1 Å². The van der Waals surface area contributed by atoms with E-state index < -0.39 is 5.63 Å². The quantitative estimate of drug-likeness (QED) is 0.319. The molecule has 0 saturated carbocycles. The maximum Gasteiger partial charge on any atom is 0.336 e. The van der Waals surface area contributed by atoms with Gasteiger partial charge in [0.15, 0.2) is 0 Å². The van der Waals surface area contributed by atoms with Crippen LogP contribution in [0.1, 0.15) is 22.5 Å². The lowest BCUT2D eigenvalue weighted by molar-refractivity contribution is 0.306. The Morgan fingerprint density at radius 2 is 1.61 bits per heavy atom. The zero-order valence-corrected chi connectivity index (χ0v) is 18.6. The third-order valence-electron chi connectivity index (χ3n) is 5.76. The standard InChI is InChI=1S/C28H22O5/c1-16-11-17(2)26-20(13-25(29)33-24(26)12-16)15-31-21-9-10-22-23(14-21)32-18(3)27(28(22)30)19-7-5-4-6-8-19/h4-14H,15H2,1-3H3. The number of hydrogen-bond donors (Lipinski definition) is 0. The smallest absolute Gasteiger partial charge is 0.336 e. The highest BCUT2D eigenvalue weighted by molar-refractivity contribution is 5.85. The summed E-state index contributed by atoms with van der Waals surface area (Å²) < 4.78 is 17.4. The van der Waals surface area contributed by atoms with Gasteiger partial charge in [-0.25, -0.2) is 4.79 Å². The molecule has 0 aliphatic rings. The van der Waals surface area contributed by atoms with E-state index in [1.165, 1.54) is 6.07 Å². The highest BCUT2D eigenvalue weighted by Crippen LogP contribution is 2.28. The molecule has 0 radical (unpaired) electrons. The highest BCUT2D eigenvalue weighted by Gasteiger charge is 2.15. The van der Waals surface area contributed by atoms with Crippen LogP contribution < -0.4 is 15.8 Å². The fourth-order valence-corrected chi connectivity index (χ4v) is 4.36. The number of fused-ring (bicyclic) bond motifs is 2. The van der Waals surface area contributed by atoms with Crippen molar-refractivity contribution < 1.29 is 13.6 Å². The molecule has 0 bridgehead atoms. The molecular formula is C28H22O5. The van der Waals surface area contributed by atoms with Crippen molar-refractivity contribution in [3.8, 4) is 16.9 Å². The predicted octanol–water partition coefficient (Wildman–Crippen LogP) is 6.07. The van der Waals surface area contributed by atoms with Crippen LogP contribution >= 0.6 is 0 Å². The summed E-state index contributed by atoms with van der Waals surface area (Å²) in [7, 11) is 0. The summed E-state index contributed by atoms with van der Waals surface area (Å²) in [4.78, 5) is 25.2. The van der Waals surface area contributed by atoms with Crippen molar-refractivity contribution in [2.75, 3.05) is 0 Å². The van der Waals surface area contributed by atoms with Crippen LogP contribution in [-0.4, -0.2) is 0 Å². The van der Waals surface area contributed by atoms with Crippen molar-refractivity contribution in [3.63, 3.8) is 0 Å². The summed E-state index contributed by atoms with van der Waals surface area (Å²) >= 11 is 0. The highest BCUT2D eigenvalue weighted by atomic mass is 16.5. The Morgan fingerprint density at radius 3 is 2.39 bits per heavy atom. The molecule has 0 aliphatic heterocycles. The van der Waals surface area contributed by atoms with Gasteiger partial charge in [0.05, 0.1) is 10.9 Å². The molecule has 5 heteroatoms. The Balaban J connectivity index is 1.51. The van der Waals surface area contributed by atoms with Gasteiger partial charge >= 0.3 is 5.63 Å². The Morgan fingerprint density at radius 1 is 0.818 bits per heavy atom. The second kappa shape index (κ2) is 8.10. The topological polar surface area (TPSA) is 69.7 Å². The van der Waals surface area contributed by atoms with Crippen molar-refractivity contribution in [1.29, 1.82) is 0 Å². The van der Waals surface area contributed by atoms with Crippen molar-refractivity contribution in [2.45, 2.75) is 27.4 Å².